The Hall–Kier alpha value is -2.21. The van der Waals surface area contributed by atoms with Gasteiger partial charge in [-0.05, 0) is 51.2 Å². The van der Waals surface area contributed by atoms with Gasteiger partial charge < -0.3 is 10.4 Å². The van der Waals surface area contributed by atoms with Crippen LogP contribution in [0.1, 0.15) is 41.0 Å². The van der Waals surface area contributed by atoms with Crippen molar-refractivity contribution >= 4 is 5.91 Å². The number of aromatic nitrogens is 3. The summed E-state index contributed by atoms with van der Waals surface area (Å²) in [5.41, 5.74) is 3.11. The lowest BCUT2D eigenvalue weighted by atomic mass is 10.1. The molecule has 1 atom stereocenters. The Bertz CT molecular complexity index is 689. The minimum Gasteiger partial charge on any atom is -0.396 e. The van der Waals surface area contributed by atoms with Crippen molar-refractivity contribution < 1.29 is 9.90 Å². The van der Waals surface area contributed by atoms with E-state index < -0.39 is 0 Å². The van der Waals surface area contributed by atoms with Crippen LogP contribution in [0.2, 0.25) is 0 Å². The Labute approximate surface area is 135 Å². The van der Waals surface area contributed by atoms with E-state index in [4.69, 9.17) is 5.11 Å². The molecule has 3 rings (SSSR count). The first-order valence-corrected chi connectivity index (χ1v) is 8.01. The highest BCUT2D eigenvalue weighted by Gasteiger charge is 2.32. The van der Waals surface area contributed by atoms with E-state index in [1.54, 1.807) is 4.68 Å². The lowest BCUT2D eigenvalue weighted by Gasteiger charge is -2.16. The van der Waals surface area contributed by atoms with Crippen molar-refractivity contribution in [2.24, 2.45) is 5.92 Å². The van der Waals surface area contributed by atoms with E-state index in [2.05, 4.69) is 15.6 Å². The van der Waals surface area contributed by atoms with Crippen molar-refractivity contribution in [1.82, 2.24) is 20.3 Å². The first kappa shape index (κ1) is 15.7. The van der Waals surface area contributed by atoms with Gasteiger partial charge in [-0.2, -0.15) is 0 Å². The molecule has 6 nitrogen and oxygen atoms in total. The monoisotopic (exact) mass is 314 g/mol. The number of nitrogens with zero attached hydrogens (tertiary/aromatic N) is 3. The molecule has 6 heteroatoms. The molecule has 1 aliphatic carbocycles. The molecule has 1 aromatic heterocycles. The summed E-state index contributed by atoms with van der Waals surface area (Å²) in [5.74, 6) is 0.268. The number of carbonyl (C=O) groups excluding carboxylic acids is 1. The molecule has 0 spiro atoms. The Morgan fingerprint density at radius 3 is 2.65 bits per heavy atom. The van der Waals surface area contributed by atoms with Gasteiger partial charge in [0.1, 0.15) is 0 Å². The topological polar surface area (TPSA) is 80.0 Å². The summed E-state index contributed by atoms with van der Waals surface area (Å²) < 4.78 is 1.67. The molecule has 2 aromatic rings. The quantitative estimate of drug-likeness (QED) is 0.851. The van der Waals surface area contributed by atoms with Gasteiger partial charge in [-0.3, -0.25) is 4.79 Å². The number of nitrogens with one attached hydrogen (secondary N) is 1. The van der Waals surface area contributed by atoms with Crippen molar-refractivity contribution in [3.8, 4) is 5.69 Å². The fourth-order valence-electron chi connectivity index (χ4n) is 2.77. The van der Waals surface area contributed by atoms with Crippen LogP contribution in [-0.2, 0) is 0 Å². The molecule has 1 fully saturated rings. The molecule has 0 radical (unpaired) electrons. The molecule has 23 heavy (non-hydrogen) atoms. The molecule has 0 aliphatic heterocycles. The largest absolute Gasteiger partial charge is 0.396 e. The highest BCUT2D eigenvalue weighted by atomic mass is 16.3. The van der Waals surface area contributed by atoms with E-state index in [0.717, 1.165) is 18.5 Å². The summed E-state index contributed by atoms with van der Waals surface area (Å²) in [7, 11) is 0. The maximum absolute atomic E-state index is 12.5. The summed E-state index contributed by atoms with van der Waals surface area (Å²) in [6, 6.07) is 7.94. The smallest absolute Gasteiger partial charge is 0.273 e. The molecule has 1 unspecified atom stereocenters. The van der Waals surface area contributed by atoms with Crippen molar-refractivity contribution in [1.29, 1.82) is 0 Å². The first-order chi connectivity index (χ1) is 11.1. The third-order valence-electron chi connectivity index (χ3n) is 4.34. The Kier molecular flexibility index (Phi) is 4.43. The van der Waals surface area contributed by atoms with Crippen molar-refractivity contribution in [3.63, 3.8) is 0 Å². The average molecular weight is 314 g/mol. The van der Waals surface area contributed by atoms with Crippen LogP contribution in [0.5, 0.6) is 0 Å². The molecule has 0 bridgehead atoms. The van der Waals surface area contributed by atoms with Gasteiger partial charge in [-0.1, -0.05) is 22.9 Å². The van der Waals surface area contributed by atoms with Crippen LogP contribution in [0, 0.1) is 19.8 Å². The van der Waals surface area contributed by atoms with Gasteiger partial charge in [-0.25, -0.2) is 4.68 Å². The Morgan fingerprint density at radius 1 is 1.35 bits per heavy atom. The molecule has 0 saturated heterocycles. The van der Waals surface area contributed by atoms with Crippen LogP contribution in [0.3, 0.4) is 0 Å². The summed E-state index contributed by atoms with van der Waals surface area (Å²) in [4.78, 5) is 12.5. The van der Waals surface area contributed by atoms with E-state index >= 15 is 0 Å². The third kappa shape index (κ3) is 3.42. The molecule has 1 heterocycles. The lowest BCUT2D eigenvalue weighted by molar-refractivity contribution is 0.0918. The molecular formula is C17H22N4O2. The number of rotatable bonds is 6. The standard InChI is InChI=1S/C17H22N4O2/c1-11-3-7-14(8-4-11)21-12(2)16(19-20-21)17(23)18-15(9-10-22)13-5-6-13/h3-4,7-8,13,15,22H,5-6,9-10H2,1-2H3,(H,18,23). The minimum atomic E-state index is -0.216. The SMILES string of the molecule is Cc1ccc(-n2nnc(C(=O)NC(CCO)C3CC3)c2C)cc1. The van der Waals surface area contributed by atoms with E-state index in [1.165, 1.54) is 5.56 Å². The number of hydrogen-bond donors (Lipinski definition) is 2. The van der Waals surface area contributed by atoms with Gasteiger partial charge in [0, 0.05) is 12.6 Å². The van der Waals surface area contributed by atoms with Crippen molar-refractivity contribution in [2.45, 2.75) is 39.2 Å². The molecule has 1 amide bonds. The van der Waals surface area contributed by atoms with E-state index in [-0.39, 0.29) is 18.6 Å². The van der Waals surface area contributed by atoms with E-state index in [1.807, 2.05) is 38.1 Å². The van der Waals surface area contributed by atoms with Gasteiger partial charge in [0.05, 0.1) is 11.4 Å². The minimum absolute atomic E-state index is 0.0245. The molecule has 2 N–H and O–H groups in total. The molecular weight excluding hydrogens is 292 g/mol. The predicted molar refractivity (Wildman–Crippen MR) is 86.5 cm³/mol. The van der Waals surface area contributed by atoms with Crippen LogP contribution < -0.4 is 5.32 Å². The summed E-state index contributed by atoms with van der Waals surface area (Å²) in [6.45, 7) is 3.94. The van der Waals surface area contributed by atoms with Crippen molar-refractivity contribution in [2.75, 3.05) is 6.61 Å². The third-order valence-corrected chi connectivity index (χ3v) is 4.34. The second-order valence-corrected chi connectivity index (χ2v) is 6.20. The fourth-order valence-corrected chi connectivity index (χ4v) is 2.77. The van der Waals surface area contributed by atoms with Crippen LogP contribution in [-0.4, -0.2) is 38.7 Å². The van der Waals surface area contributed by atoms with Gasteiger partial charge in [0.25, 0.3) is 5.91 Å². The first-order valence-electron chi connectivity index (χ1n) is 8.01. The average Bonchev–Trinajstić information content (AvgIpc) is 3.31. The fraction of sp³-hybridized carbons (Fsp3) is 0.471. The highest BCUT2D eigenvalue weighted by Crippen LogP contribution is 2.34. The molecule has 122 valence electrons. The number of amides is 1. The number of aliphatic hydroxyl groups excluding tert-OH is 1. The number of carbonyl (C=O) groups is 1. The zero-order valence-corrected chi connectivity index (χ0v) is 13.5. The van der Waals surface area contributed by atoms with E-state index in [0.29, 0.717) is 23.7 Å². The molecule has 1 aromatic carbocycles. The van der Waals surface area contributed by atoms with Crippen molar-refractivity contribution in [3.05, 3.63) is 41.2 Å². The maximum Gasteiger partial charge on any atom is 0.273 e. The summed E-state index contributed by atoms with van der Waals surface area (Å²) in [6.07, 6.45) is 2.81. The zero-order valence-electron chi connectivity index (χ0n) is 13.5. The maximum atomic E-state index is 12.5. The molecule has 1 aliphatic rings. The van der Waals surface area contributed by atoms with Crippen LogP contribution in [0.4, 0.5) is 0 Å². The zero-order chi connectivity index (χ0) is 16.4. The predicted octanol–water partition coefficient (Wildman–Crippen LogP) is 1.77. The Morgan fingerprint density at radius 2 is 2.04 bits per heavy atom. The van der Waals surface area contributed by atoms with Gasteiger partial charge >= 0.3 is 0 Å². The number of aliphatic hydroxyl groups is 1. The van der Waals surface area contributed by atoms with Gasteiger partial charge in [0.2, 0.25) is 0 Å². The second-order valence-electron chi connectivity index (χ2n) is 6.20. The summed E-state index contributed by atoms with van der Waals surface area (Å²) in [5, 5.41) is 20.3. The number of aryl methyl sites for hydroxylation is 1. The summed E-state index contributed by atoms with van der Waals surface area (Å²) >= 11 is 0. The van der Waals surface area contributed by atoms with Crippen LogP contribution in [0.25, 0.3) is 5.69 Å². The molecule has 1 saturated carbocycles. The van der Waals surface area contributed by atoms with Gasteiger partial charge in [-0.15, -0.1) is 5.10 Å². The van der Waals surface area contributed by atoms with Crippen LogP contribution >= 0.6 is 0 Å². The second kappa shape index (κ2) is 6.50. The van der Waals surface area contributed by atoms with Gasteiger partial charge in [0.15, 0.2) is 5.69 Å². The van der Waals surface area contributed by atoms with Crippen LogP contribution in [0.15, 0.2) is 24.3 Å². The Balaban J connectivity index is 1.78. The normalized spacial score (nSPS) is 15.4. The lowest BCUT2D eigenvalue weighted by Crippen LogP contribution is -2.37. The highest BCUT2D eigenvalue weighted by molar-refractivity contribution is 5.93. The number of hydrogen-bond acceptors (Lipinski definition) is 4. The number of benzene rings is 1. The van der Waals surface area contributed by atoms with E-state index in [9.17, 15) is 4.79 Å².